The van der Waals surface area contributed by atoms with E-state index < -0.39 is 35.6 Å². The summed E-state index contributed by atoms with van der Waals surface area (Å²) in [5.74, 6) is -0.927. The van der Waals surface area contributed by atoms with E-state index in [1.54, 1.807) is 36.4 Å². The average Bonchev–Trinajstić information content (AvgIpc) is 2.98. The zero-order valence-corrected chi connectivity index (χ0v) is 22.6. The van der Waals surface area contributed by atoms with E-state index in [2.05, 4.69) is 0 Å². The van der Waals surface area contributed by atoms with Gasteiger partial charge in [0.1, 0.15) is 28.7 Å². The van der Waals surface area contributed by atoms with Crippen molar-refractivity contribution < 1.29 is 47.5 Å². The predicted octanol–water partition coefficient (Wildman–Crippen LogP) is 4.18. The number of aromatic hydroxyl groups is 1. The Morgan fingerprint density at radius 3 is 2.44 bits per heavy atom. The lowest BCUT2D eigenvalue weighted by molar-refractivity contribution is -0.143. The molecule has 0 fully saturated rings. The van der Waals surface area contributed by atoms with Crippen LogP contribution in [0.2, 0.25) is 0 Å². The molecule has 5 rings (SSSR count). The second-order valence-electron chi connectivity index (χ2n) is 9.03. The highest BCUT2D eigenvalue weighted by Gasteiger charge is 2.36. The molecule has 0 saturated heterocycles. The number of phenolic OH excluding ortho intramolecular Hbond substituents is 1. The van der Waals surface area contributed by atoms with Crippen LogP contribution in [-0.2, 0) is 14.3 Å². The number of phenols is 1. The van der Waals surface area contributed by atoms with E-state index in [1.165, 1.54) is 40.8 Å². The first-order valence-electron chi connectivity index (χ1n) is 12.4. The maximum absolute atomic E-state index is 13.8. The molecule has 1 aliphatic rings. The van der Waals surface area contributed by atoms with Crippen molar-refractivity contribution in [1.29, 1.82) is 0 Å². The topological polar surface area (TPSA) is 140 Å². The first kappa shape index (κ1) is 27.4. The lowest BCUT2D eigenvalue weighted by Crippen LogP contribution is -2.23. The Hall–Kier alpha value is -5.19. The molecule has 0 bridgehead atoms. The minimum Gasteiger partial charge on any atom is -0.507 e. The number of para-hydroxylation sites is 1. The molecule has 1 aromatic heterocycles. The van der Waals surface area contributed by atoms with Gasteiger partial charge in [0, 0.05) is 23.1 Å². The second kappa shape index (κ2) is 11.1. The lowest BCUT2D eigenvalue weighted by atomic mass is 9.84. The monoisotopic (exact) mass is 562 g/mol. The minimum atomic E-state index is -0.743. The van der Waals surface area contributed by atoms with Crippen molar-refractivity contribution >= 4 is 22.9 Å². The SMILES string of the molecule is COC(=O)COc1c(OC)cccc1C1CC(=O)Oc2cc(O)c3c(=O)c(-c4ccc(OC)c(OC)c4)coc3c21. The summed E-state index contributed by atoms with van der Waals surface area (Å²) in [4.78, 5) is 38.3. The Kier molecular flexibility index (Phi) is 7.43. The van der Waals surface area contributed by atoms with Gasteiger partial charge < -0.3 is 37.9 Å². The predicted molar refractivity (Wildman–Crippen MR) is 145 cm³/mol. The van der Waals surface area contributed by atoms with Gasteiger partial charge in [-0.1, -0.05) is 18.2 Å². The van der Waals surface area contributed by atoms with E-state index in [0.29, 0.717) is 33.9 Å². The molecule has 4 aromatic rings. The number of fused-ring (bicyclic) bond motifs is 3. The Morgan fingerprint density at radius 1 is 0.976 bits per heavy atom. The molecule has 2 heterocycles. The molecule has 11 heteroatoms. The summed E-state index contributed by atoms with van der Waals surface area (Å²) in [6.07, 6.45) is 1.13. The van der Waals surface area contributed by atoms with Crippen molar-refractivity contribution in [2.45, 2.75) is 12.3 Å². The molecule has 11 nitrogen and oxygen atoms in total. The van der Waals surface area contributed by atoms with Crippen LogP contribution < -0.4 is 29.1 Å². The van der Waals surface area contributed by atoms with Crippen LogP contribution in [0.1, 0.15) is 23.5 Å². The Labute approximate surface area is 233 Å². The molecule has 0 aliphatic carbocycles. The smallest absolute Gasteiger partial charge is 0.343 e. The molecule has 1 aliphatic heterocycles. The number of methoxy groups -OCH3 is 4. The van der Waals surface area contributed by atoms with Crippen LogP contribution in [0.3, 0.4) is 0 Å². The number of hydrogen-bond acceptors (Lipinski definition) is 11. The average molecular weight is 563 g/mol. The van der Waals surface area contributed by atoms with Gasteiger partial charge >= 0.3 is 11.9 Å². The molecular weight excluding hydrogens is 536 g/mol. The summed E-state index contributed by atoms with van der Waals surface area (Å²) in [7, 11) is 5.65. The van der Waals surface area contributed by atoms with Gasteiger partial charge in [-0.25, -0.2) is 4.79 Å². The Bertz CT molecular complexity index is 1720. The van der Waals surface area contributed by atoms with Crippen LogP contribution >= 0.6 is 0 Å². The Morgan fingerprint density at radius 2 is 1.73 bits per heavy atom. The molecule has 0 radical (unpaired) electrons. The standard InChI is InChI=1S/C30H26O11/c1-35-20-9-8-15(10-22(20)37-3)18-13-39-30-26-17(11-24(32)41-23(26)12-19(31)27(30)28(18)34)16-6-5-7-21(36-2)29(16)40-14-25(33)38-4/h5-10,12-13,17,31H,11,14H2,1-4H3. The second-order valence-corrected chi connectivity index (χ2v) is 9.03. The van der Waals surface area contributed by atoms with Crippen LogP contribution in [-0.4, -0.2) is 52.1 Å². The maximum Gasteiger partial charge on any atom is 0.343 e. The number of ether oxygens (including phenoxy) is 6. The van der Waals surface area contributed by atoms with Gasteiger partial charge in [-0.3, -0.25) is 9.59 Å². The zero-order chi connectivity index (χ0) is 29.3. The number of esters is 2. The molecule has 0 amide bonds. The van der Waals surface area contributed by atoms with E-state index in [0.717, 1.165) is 0 Å². The third kappa shape index (κ3) is 4.86. The summed E-state index contributed by atoms with van der Waals surface area (Å²) in [5.41, 5.74) is 0.996. The van der Waals surface area contributed by atoms with Crippen molar-refractivity contribution in [2.75, 3.05) is 35.0 Å². The van der Waals surface area contributed by atoms with E-state index in [4.69, 9.17) is 32.8 Å². The van der Waals surface area contributed by atoms with Gasteiger partial charge in [-0.2, -0.15) is 0 Å². The van der Waals surface area contributed by atoms with Gasteiger partial charge in [0.2, 0.25) is 5.43 Å². The van der Waals surface area contributed by atoms with Crippen molar-refractivity contribution in [3.8, 4) is 45.6 Å². The number of carbonyl (C=O) groups is 2. The van der Waals surface area contributed by atoms with Crippen LogP contribution in [0.5, 0.6) is 34.5 Å². The fourth-order valence-corrected chi connectivity index (χ4v) is 4.91. The van der Waals surface area contributed by atoms with E-state index >= 15 is 0 Å². The third-order valence-corrected chi connectivity index (χ3v) is 6.83. The molecule has 0 spiro atoms. The summed E-state index contributed by atoms with van der Waals surface area (Å²) in [6, 6.07) is 11.2. The van der Waals surface area contributed by atoms with E-state index in [9.17, 15) is 19.5 Å². The largest absolute Gasteiger partial charge is 0.507 e. The summed E-state index contributed by atoms with van der Waals surface area (Å²) in [6.45, 7) is -0.409. The molecular formula is C30H26O11. The van der Waals surface area contributed by atoms with Crippen LogP contribution in [0.25, 0.3) is 22.1 Å². The van der Waals surface area contributed by atoms with E-state index in [1.807, 2.05) is 0 Å². The lowest BCUT2D eigenvalue weighted by Gasteiger charge is -2.27. The van der Waals surface area contributed by atoms with Gasteiger partial charge in [-0.15, -0.1) is 0 Å². The summed E-state index contributed by atoms with van der Waals surface area (Å²) in [5, 5.41) is 10.8. The van der Waals surface area contributed by atoms with E-state index in [-0.39, 0.29) is 34.5 Å². The summed E-state index contributed by atoms with van der Waals surface area (Å²) < 4.78 is 38.0. The number of hydrogen-bond donors (Lipinski definition) is 1. The van der Waals surface area contributed by atoms with Crippen molar-refractivity contribution in [2.24, 2.45) is 0 Å². The van der Waals surface area contributed by atoms with Crippen LogP contribution in [0.15, 0.2) is 57.9 Å². The highest BCUT2D eigenvalue weighted by molar-refractivity contribution is 5.94. The molecule has 1 atom stereocenters. The van der Waals surface area contributed by atoms with Crippen LogP contribution in [0.4, 0.5) is 0 Å². The number of rotatable bonds is 8. The normalized spacial score (nSPS) is 14.1. The molecule has 212 valence electrons. The summed E-state index contributed by atoms with van der Waals surface area (Å²) >= 11 is 0. The van der Waals surface area contributed by atoms with Crippen LogP contribution in [0, 0.1) is 0 Å². The Balaban J connectivity index is 1.72. The first-order valence-corrected chi connectivity index (χ1v) is 12.4. The highest BCUT2D eigenvalue weighted by Crippen LogP contribution is 2.49. The molecule has 1 unspecified atom stereocenters. The van der Waals surface area contributed by atoms with Crippen molar-refractivity contribution in [1.82, 2.24) is 0 Å². The first-order chi connectivity index (χ1) is 19.8. The quantitative estimate of drug-likeness (QED) is 0.244. The molecule has 1 N–H and O–H groups in total. The zero-order valence-electron chi connectivity index (χ0n) is 22.6. The molecule has 3 aromatic carbocycles. The third-order valence-electron chi connectivity index (χ3n) is 6.83. The molecule has 0 saturated carbocycles. The van der Waals surface area contributed by atoms with Crippen molar-refractivity contribution in [3.05, 3.63) is 70.1 Å². The number of benzene rings is 3. The fourth-order valence-electron chi connectivity index (χ4n) is 4.91. The molecule has 41 heavy (non-hydrogen) atoms. The van der Waals surface area contributed by atoms with Gasteiger partial charge in [0.25, 0.3) is 0 Å². The van der Waals surface area contributed by atoms with Crippen molar-refractivity contribution in [3.63, 3.8) is 0 Å². The van der Waals surface area contributed by atoms with Gasteiger partial charge in [0.05, 0.1) is 40.4 Å². The van der Waals surface area contributed by atoms with Gasteiger partial charge in [0.15, 0.2) is 29.6 Å². The highest BCUT2D eigenvalue weighted by atomic mass is 16.6. The minimum absolute atomic E-state index is 0.0278. The number of carbonyl (C=O) groups excluding carboxylic acids is 2. The van der Waals surface area contributed by atoms with Gasteiger partial charge in [-0.05, 0) is 23.8 Å². The maximum atomic E-state index is 13.8. The fraction of sp³-hybridized carbons (Fsp3) is 0.233.